The number of aliphatic imine (C=N–C) groups is 1. The van der Waals surface area contributed by atoms with Crippen LogP contribution < -0.4 is 10.6 Å². The summed E-state index contributed by atoms with van der Waals surface area (Å²) in [5.74, 6) is 0.868. The number of aromatic nitrogens is 2. The highest BCUT2D eigenvalue weighted by Gasteiger charge is 2.17. The van der Waals surface area contributed by atoms with Crippen LogP contribution in [0.5, 0.6) is 0 Å². The van der Waals surface area contributed by atoms with E-state index in [0.29, 0.717) is 0 Å². The number of aryl methyl sites for hydroxylation is 1. The molecule has 0 atom stereocenters. The zero-order valence-corrected chi connectivity index (χ0v) is 18.2. The van der Waals surface area contributed by atoms with Crippen molar-refractivity contribution in [3.05, 3.63) is 32.2 Å². The summed E-state index contributed by atoms with van der Waals surface area (Å²) in [6.45, 7) is 13.3. The van der Waals surface area contributed by atoms with Crippen LogP contribution in [0.1, 0.15) is 55.2 Å². The minimum absolute atomic E-state index is 0.113. The number of nitrogens with one attached hydrogen (secondary N) is 2. The van der Waals surface area contributed by atoms with Crippen molar-refractivity contribution in [2.75, 3.05) is 19.6 Å². The first kappa shape index (κ1) is 20.8. The molecule has 26 heavy (non-hydrogen) atoms. The highest BCUT2D eigenvalue weighted by atomic mass is 32.1. The van der Waals surface area contributed by atoms with Crippen molar-refractivity contribution < 1.29 is 0 Å². The molecule has 144 valence electrons. The average Bonchev–Trinajstić information content (AvgIpc) is 3.23. The lowest BCUT2D eigenvalue weighted by Crippen LogP contribution is -2.38. The van der Waals surface area contributed by atoms with Gasteiger partial charge < -0.3 is 10.6 Å². The Labute approximate surface area is 165 Å². The molecule has 0 saturated heterocycles. The Morgan fingerprint density at radius 2 is 1.96 bits per heavy atom. The van der Waals surface area contributed by atoms with Gasteiger partial charge in [0.15, 0.2) is 5.96 Å². The summed E-state index contributed by atoms with van der Waals surface area (Å²) in [5, 5.41) is 11.2. The molecule has 0 aliphatic carbocycles. The molecule has 2 rings (SSSR count). The second-order valence-electron chi connectivity index (χ2n) is 7.14. The molecule has 2 aromatic rings. The highest BCUT2D eigenvalue weighted by Crippen LogP contribution is 2.24. The first-order chi connectivity index (χ1) is 12.4. The Morgan fingerprint density at radius 3 is 2.58 bits per heavy atom. The van der Waals surface area contributed by atoms with E-state index in [1.165, 1.54) is 15.6 Å². The molecule has 0 spiro atoms. The third kappa shape index (κ3) is 6.68. The van der Waals surface area contributed by atoms with Crippen LogP contribution in [-0.4, -0.2) is 35.6 Å². The lowest BCUT2D eigenvalue weighted by molar-refractivity contribution is 0.571. The van der Waals surface area contributed by atoms with Crippen molar-refractivity contribution in [3.63, 3.8) is 0 Å². The zero-order valence-electron chi connectivity index (χ0n) is 16.6. The maximum Gasteiger partial charge on any atom is 0.191 e. The van der Waals surface area contributed by atoms with Crippen LogP contribution in [0.15, 0.2) is 16.6 Å². The Kier molecular flexibility index (Phi) is 8.03. The normalized spacial score (nSPS) is 12.4. The van der Waals surface area contributed by atoms with Gasteiger partial charge in [-0.3, -0.25) is 4.99 Å². The van der Waals surface area contributed by atoms with Crippen LogP contribution in [0.4, 0.5) is 0 Å². The number of hydrogen-bond acceptors (Lipinski definition) is 5. The molecule has 2 heterocycles. The van der Waals surface area contributed by atoms with Crippen molar-refractivity contribution in [1.82, 2.24) is 20.6 Å². The first-order valence-electron chi connectivity index (χ1n) is 9.33. The number of rotatable bonds is 8. The fourth-order valence-corrected chi connectivity index (χ4v) is 4.17. The SMILES string of the molecule is CCNC(=NCCc1nc(C(C)(C)C)cs1)NCCc1ncc(CC)s1. The van der Waals surface area contributed by atoms with Crippen LogP contribution >= 0.6 is 22.7 Å². The predicted octanol–water partition coefficient (Wildman–Crippen LogP) is 3.80. The highest BCUT2D eigenvalue weighted by molar-refractivity contribution is 7.11. The quantitative estimate of drug-likeness (QED) is 0.529. The summed E-state index contributed by atoms with van der Waals surface area (Å²) < 4.78 is 0. The summed E-state index contributed by atoms with van der Waals surface area (Å²) >= 11 is 3.53. The molecule has 0 saturated carbocycles. The summed E-state index contributed by atoms with van der Waals surface area (Å²) in [4.78, 5) is 15.2. The Hall–Kier alpha value is -1.47. The maximum atomic E-state index is 4.74. The molecule has 0 fully saturated rings. The third-order valence-electron chi connectivity index (χ3n) is 3.84. The van der Waals surface area contributed by atoms with Gasteiger partial charge in [-0.25, -0.2) is 9.97 Å². The largest absolute Gasteiger partial charge is 0.357 e. The number of nitrogens with zero attached hydrogens (tertiary/aromatic N) is 3. The minimum atomic E-state index is 0.113. The Balaban J connectivity index is 1.81. The van der Waals surface area contributed by atoms with Gasteiger partial charge in [0.1, 0.15) is 0 Å². The van der Waals surface area contributed by atoms with E-state index in [1.54, 1.807) is 22.7 Å². The van der Waals surface area contributed by atoms with Crippen LogP contribution in [0.2, 0.25) is 0 Å². The minimum Gasteiger partial charge on any atom is -0.357 e. The van der Waals surface area contributed by atoms with Gasteiger partial charge in [-0.1, -0.05) is 27.7 Å². The fourth-order valence-electron chi connectivity index (χ4n) is 2.29. The van der Waals surface area contributed by atoms with Crippen LogP contribution in [-0.2, 0) is 24.7 Å². The van der Waals surface area contributed by atoms with Crippen molar-refractivity contribution in [2.24, 2.45) is 4.99 Å². The van der Waals surface area contributed by atoms with E-state index in [0.717, 1.165) is 49.9 Å². The summed E-state index contributed by atoms with van der Waals surface area (Å²) in [6, 6.07) is 0. The molecule has 5 nitrogen and oxygen atoms in total. The molecule has 2 N–H and O–H groups in total. The Bertz CT molecular complexity index is 697. The molecule has 0 bridgehead atoms. The molecule has 0 amide bonds. The van der Waals surface area contributed by atoms with Crippen molar-refractivity contribution >= 4 is 28.6 Å². The van der Waals surface area contributed by atoms with Crippen LogP contribution in [0.25, 0.3) is 0 Å². The molecule has 0 radical (unpaired) electrons. The summed E-state index contributed by atoms with van der Waals surface area (Å²) in [6.07, 6.45) is 4.85. The standard InChI is InChI=1S/C19H31N5S2/c1-6-14-12-23-16(26-14)8-10-21-18(20-7-2)22-11-9-17-24-15(13-25-17)19(3,4)5/h12-13H,6-11H2,1-5H3,(H2,20,21,22). The van der Waals surface area contributed by atoms with Crippen molar-refractivity contribution in [3.8, 4) is 0 Å². The van der Waals surface area contributed by atoms with Gasteiger partial charge in [0.2, 0.25) is 0 Å². The van der Waals surface area contributed by atoms with Gasteiger partial charge in [-0.2, -0.15) is 0 Å². The summed E-state index contributed by atoms with van der Waals surface area (Å²) in [7, 11) is 0. The van der Waals surface area contributed by atoms with E-state index < -0.39 is 0 Å². The molecule has 0 unspecified atom stereocenters. The molecule has 0 aliphatic heterocycles. The number of hydrogen-bond donors (Lipinski definition) is 2. The molecular formula is C19H31N5S2. The van der Waals surface area contributed by atoms with E-state index in [9.17, 15) is 0 Å². The second-order valence-corrected chi connectivity index (χ2v) is 9.28. The first-order valence-corrected chi connectivity index (χ1v) is 11.0. The van der Waals surface area contributed by atoms with E-state index >= 15 is 0 Å². The predicted molar refractivity (Wildman–Crippen MR) is 114 cm³/mol. The topological polar surface area (TPSA) is 62.2 Å². The summed E-state index contributed by atoms with van der Waals surface area (Å²) in [5.41, 5.74) is 1.28. The average molecular weight is 394 g/mol. The van der Waals surface area contributed by atoms with Gasteiger partial charge in [0.25, 0.3) is 0 Å². The molecule has 0 aliphatic rings. The van der Waals surface area contributed by atoms with E-state index in [1.807, 2.05) is 6.20 Å². The lowest BCUT2D eigenvalue weighted by Gasteiger charge is -2.14. The molecule has 0 aromatic carbocycles. The molecule has 2 aromatic heterocycles. The lowest BCUT2D eigenvalue weighted by atomic mass is 9.93. The van der Waals surface area contributed by atoms with Gasteiger partial charge in [0.05, 0.1) is 15.7 Å². The third-order valence-corrected chi connectivity index (χ3v) is 5.95. The van der Waals surface area contributed by atoms with Crippen molar-refractivity contribution in [2.45, 2.75) is 59.3 Å². The van der Waals surface area contributed by atoms with Gasteiger partial charge >= 0.3 is 0 Å². The number of thiazole rings is 2. The van der Waals surface area contributed by atoms with E-state index in [2.05, 4.69) is 60.6 Å². The molecule has 7 heteroatoms. The smallest absolute Gasteiger partial charge is 0.191 e. The van der Waals surface area contributed by atoms with Gasteiger partial charge in [0, 0.05) is 54.3 Å². The monoisotopic (exact) mass is 393 g/mol. The fraction of sp³-hybridized carbons (Fsp3) is 0.632. The molecular weight excluding hydrogens is 362 g/mol. The van der Waals surface area contributed by atoms with Crippen molar-refractivity contribution in [1.29, 1.82) is 0 Å². The maximum absolute atomic E-state index is 4.74. The van der Waals surface area contributed by atoms with Gasteiger partial charge in [-0.15, -0.1) is 22.7 Å². The number of guanidine groups is 1. The van der Waals surface area contributed by atoms with Crippen LogP contribution in [0, 0.1) is 0 Å². The van der Waals surface area contributed by atoms with E-state index in [-0.39, 0.29) is 5.41 Å². The Morgan fingerprint density at radius 1 is 1.15 bits per heavy atom. The van der Waals surface area contributed by atoms with E-state index in [4.69, 9.17) is 4.98 Å². The van der Waals surface area contributed by atoms with Gasteiger partial charge in [-0.05, 0) is 13.3 Å². The zero-order chi connectivity index (χ0) is 19.0. The van der Waals surface area contributed by atoms with Crippen LogP contribution in [0.3, 0.4) is 0 Å². The second kappa shape index (κ2) is 10.0.